The summed E-state index contributed by atoms with van der Waals surface area (Å²) in [5.74, 6) is 0.765. The number of nitrogens with zero attached hydrogens (tertiary/aromatic N) is 1. The van der Waals surface area contributed by atoms with Crippen molar-refractivity contribution in [1.29, 1.82) is 0 Å². The molecule has 28 heavy (non-hydrogen) atoms. The molecule has 1 aromatic heterocycles. The Kier molecular flexibility index (Phi) is 7.24. The summed E-state index contributed by atoms with van der Waals surface area (Å²) in [5, 5.41) is 4.85. The topological polar surface area (TPSA) is 71.0 Å². The van der Waals surface area contributed by atoms with E-state index in [2.05, 4.69) is 15.2 Å². The van der Waals surface area contributed by atoms with Crippen LogP contribution in [0, 0.1) is 0 Å². The van der Waals surface area contributed by atoms with Crippen molar-refractivity contribution >= 4 is 28.2 Å². The van der Waals surface area contributed by atoms with Gasteiger partial charge in [0.25, 0.3) is 5.56 Å². The highest BCUT2D eigenvalue weighted by molar-refractivity contribution is 7.80. The van der Waals surface area contributed by atoms with E-state index in [0.29, 0.717) is 17.2 Å². The Labute approximate surface area is 170 Å². The second kappa shape index (κ2) is 9.86. The van der Waals surface area contributed by atoms with Crippen molar-refractivity contribution in [2.45, 2.75) is 13.5 Å². The molecule has 0 amide bonds. The summed E-state index contributed by atoms with van der Waals surface area (Å²) in [6, 6.07) is 7.57. The highest BCUT2D eigenvalue weighted by Gasteiger charge is 2.18. The third-order valence-electron chi connectivity index (χ3n) is 5.04. The Morgan fingerprint density at radius 2 is 2.14 bits per heavy atom. The smallest absolute Gasteiger partial charge is 0.253 e. The fourth-order valence-corrected chi connectivity index (χ4v) is 3.70. The zero-order valence-electron chi connectivity index (χ0n) is 16.5. The molecule has 0 spiro atoms. The molecule has 1 aliphatic heterocycles. The second-order valence-corrected chi connectivity index (χ2v) is 7.33. The normalized spacial score (nSPS) is 14.8. The Morgan fingerprint density at radius 3 is 2.86 bits per heavy atom. The first-order valence-corrected chi connectivity index (χ1v) is 10.2. The molecular weight excluding hydrogens is 376 g/mol. The molecular formula is C20H29N4O3S+. The third kappa shape index (κ3) is 5.21. The minimum Gasteiger partial charge on any atom is -0.497 e. The first-order chi connectivity index (χ1) is 13.6. The van der Waals surface area contributed by atoms with E-state index in [4.69, 9.17) is 21.7 Å². The third-order valence-corrected chi connectivity index (χ3v) is 5.44. The SMILES string of the molecule is CCNC(=S)N(CC[NH+]1CCOCC1)Cc1cc2cc(OC)ccc2[nH]c1=O. The Morgan fingerprint density at radius 1 is 1.36 bits per heavy atom. The average Bonchev–Trinajstić information content (AvgIpc) is 2.72. The van der Waals surface area contributed by atoms with Crippen molar-refractivity contribution in [2.75, 3.05) is 53.0 Å². The molecule has 1 saturated heterocycles. The molecule has 1 aliphatic rings. The van der Waals surface area contributed by atoms with Gasteiger partial charge in [0.2, 0.25) is 0 Å². The van der Waals surface area contributed by atoms with Crippen LogP contribution in [-0.4, -0.2) is 68.0 Å². The van der Waals surface area contributed by atoms with Gasteiger partial charge in [0.15, 0.2) is 5.11 Å². The van der Waals surface area contributed by atoms with Gasteiger partial charge in [0, 0.05) is 23.0 Å². The lowest BCUT2D eigenvalue weighted by Crippen LogP contribution is -3.14. The molecule has 0 bridgehead atoms. The van der Waals surface area contributed by atoms with Gasteiger partial charge >= 0.3 is 0 Å². The molecule has 2 heterocycles. The van der Waals surface area contributed by atoms with Crippen molar-refractivity contribution in [3.63, 3.8) is 0 Å². The number of quaternary nitrogens is 1. The molecule has 3 N–H and O–H groups in total. The van der Waals surface area contributed by atoms with Crippen LogP contribution < -0.4 is 20.5 Å². The van der Waals surface area contributed by atoms with E-state index >= 15 is 0 Å². The number of aromatic nitrogens is 1. The highest BCUT2D eigenvalue weighted by Crippen LogP contribution is 2.19. The number of benzene rings is 1. The number of hydrogen-bond acceptors (Lipinski definition) is 4. The summed E-state index contributed by atoms with van der Waals surface area (Å²) < 4.78 is 10.7. The molecule has 0 atom stereocenters. The zero-order valence-corrected chi connectivity index (χ0v) is 17.4. The van der Waals surface area contributed by atoms with Crippen LogP contribution in [0.2, 0.25) is 0 Å². The molecule has 8 heteroatoms. The first kappa shape index (κ1) is 20.6. The van der Waals surface area contributed by atoms with E-state index < -0.39 is 0 Å². The van der Waals surface area contributed by atoms with Crippen LogP contribution in [-0.2, 0) is 11.3 Å². The lowest BCUT2D eigenvalue weighted by atomic mass is 10.1. The van der Waals surface area contributed by atoms with Crippen molar-refractivity contribution < 1.29 is 14.4 Å². The summed E-state index contributed by atoms with van der Waals surface area (Å²) in [6.45, 7) is 8.63. The minimum atomic E-state index is -0.0827. The van der Waals surface area contributed by atoms with Gasteiger partial charge in [-0.1, -0.05) is 0 Å². The van der Waals surface area contributed by atoms with Gasteiger partial charge in [-0.05, 0) is 43.4 Å². The Balaban J connectivity index is 1.79. The maximum atomic E-state index is 12.6. The second-order valence-electron chi connectivity index (χ2n) is 6.95. The van der Waals surface area contributed by atoms with Gasteiger partial charge in [-0.3, -0.25) is 4.79 Å². The van der Waals surface area contributed by atoms with E-state index in [1.165, 1.54) is 4.90 Å². The van der Waals surface area contributed by atoms with Crippen molar-refractivity contribution in [2.24, 2.45) is 0 Å². The minimum absolute atomic E-state index is 0.0827. The van der Waals surface area contributed by atoms with Crippen molar-refractivity contribution in [3.05, 3.63) is 40.2 Å². The number of ether oxygens (including phenoxy) is 2. The van der Waals surface area contributed by atoms with E-state index in [1.54, 1.807) is 7.11 Å². The van der Waals surface area contributed by atoms with E-state index in [-0.39, 0.29) is 5.56 Å². The van der Waals surface area contributed by atoms with Gasteiger partial charge in [-0.15, -0.1) is 0 Å². The predicted molar refractivity (Wildman–Crippen MR) is 114 cm³/mol. The molecule has 0 radical (unpaired) electrons. The van der Waals surface area contributed by atoms with Crippen LogP contribution in [0.15, 0.2) is 29.1 Å². The molecule has 2 aromatic rings. The quantitative estimate of drug-likeness (QED) is 0.570. The van der Waals surface area contributed by atoms with Crippen LogP contribution in [0.25, 0.3) is 10.9 Å². The molecule has 7 nitrogen and oxygen atoms in total. The molecule has 3 rings (SSSR count). The Bertz CT molecular complexity index is 864. The summed E-state index contributed by atoms with van der Waals surface area (Å²) in [5.41, 5.74) is 1.41. The number of hydrogen-bond donors (Lipinski definition) is 3. The molecule has 1 fully saturated rings. The van der Waals surface area contributed by atoms with Crippen LogP contribution >= 0.6 is 12.2 Å². The van der Waals surface area contributed by atoms with Crippen LogP contribution in [0.5, 0.6) is 5.75 Å². The standard InChI is InChI=1S/C20H28N4O3S/c1-3-21-20(28)24(7-6-23-8-10-27-11-9-23)14-16-12-15-13-17(26-2)4-5-18(15)22-19(16)25/h4-5,12-13H,3,6-11,14H2,1-2H3,(H,21,28)(H,22,25)/p+1. The number of pyridine rings is 1. The lowest BCUT2D eigenvalue weighted by molar-refractivity contribution is -0.907. The fraction of sp³-hybridized carbons (Fsp3) is 0.500. The van der Waals surface area contributed by atoms with Crippen LogP contribution in [0.4, 0.5) is 0 Å². The summed E-state index contributed by atoms with van der Waals surface area (Å²) in [6.07, 6.45) is 0. The Hall–Kier alpha value is -2.16. The number of rotatable bonds is 7. The number of morpholine rings is 1. The maximum Gasteiger partial charge on any atom is 0.253 e. The maximum absolute atomic E-state index is 12.6. The predicted octanol–water partition coefficient (Wildman–Crippen LogP) is 0.148. The molecule has 152 valence electrons. The number of thiocarbonyl (C=S) groups is 1. The first-order valence-electron chi connectivity index (χ1n) is 9.74. The van der Waals surface area contributed by atoms with E-state index in [9.17, 15) is 4.79 Å². The number of methoxy groups -OCH3 is 1. The van der Waals surface area contributed by atoms with Gasteiger partial charge < -0.3 is 29.6 Å². The summed E-state index contributed by atoms with van der Waals surface area (Å²) >= 11 is 5.57. The zero-order chi connectivity index (χ0) is 19.9. The highest BCUT2D eigenvalue weighted by atomic mass is 32.1. The number of fused-ring (bicyclic) bond motifs is 1. The van der Waals surface area contributed by atoms with Gasteiger partial charge in [-0.25, -0.2) is 0 Å². The van der Waals surface area contributed by atoms with Crippen LogP contribution in [0.1, 0.15) is 12.5 Å². The van der Waals surface area contributed by atoms with Crippen molar-refractivity contribution in [3.8, 4) is 5.75 Å². The molecule has 0 unspecified atom stereocenters. The lowest BCUT2D eigenvalue weighted by Gasteiger charge is -2.29. The fourth-order valence-electron chi connectivity index (χ4n) is 3.40. The van der Waals surface area contributed by atoms with E-state index in [1.807, 2.05) is 31.2 Å². The molecule has 0 aliphatic carbocycles. The molecule has 1 aromatic carbocycles. The average molecular weight is 406 g/mol. The number of H-pyrrole nitrogens is 1. The largest absolute Gasteiger partial charge is 0.497 e. The van der Waals surface area contributed by atoms with Crippen LogP contribution in [0.3, 0.4) is 0 Å². The van der Waals surface area contributed by atoms with Gasteiger partial charge in [-0.2, -0.15) is 0 Å². The number of nitrogens with one attached hydrogen (secondary N) is 3. The summed E-state index contributed by atoms with van der Waals surface area (Å²) in [7, 11) is 1.64. The van der Waals surface area contributed by atoms with E-state index in [0.717, 1.165) is 62.6 Å². The van der Waals surface area contributed by atoms with Gasteiger partial charge in [0.05, 0.1) is 40.0 Å². The monoisotopic (exact) mass is 405 g/mol. The van der Waals surface area contributed by atoms with Gasteiger partial charge in [0.1, 0.15) is 18.8 Å². The summed E-state index contributed by atoms with van der Waals surface area (Å²) in [4.78, 5) is 19.2. The molecule has 0 saturated carbocycles. The number of aromatic amines is 1. The van der Waals surface area contributed by atoms with Crippen molar-refractivity contribution in [1.82, 2.24) is 15.2 Å².